The molecule has 0 aromatic heterocycles. The summed E-state index contributed by atoms with van der Waals surface area (Å²) in [6.45, 7) is 3.93. The van der Waals surface area contributed by atoms with Crippen molar-refractivity contribution in [3.05, 3.63) is 48.0 Å². The van der Waals surface area contributed by atoms with Gasteiger partial charge in [0.25, 0.3) is 0 Å². The number of hydrogen-bond acceptors (Lipinski definition) is 4. The van der Waals surface area contributed by atoms with E-state index in [2.05, 4.69) is 4.74 Å². The smallest absolute Gasteiger partial charge is 0.410 e. The zero-order valence-corrected chi connectivity index (χ0v) is 19.5. The fourth-order valence-corrected chi connectivity index (χ4v) is 4.71. The molecule has 7 heteroatoms. The third-order valence-electron chi connectivity index (χ3n) is 6.61. The predicted octanol–water partition coefficient (Wildman–Crippen LogP) is 6.38. The Balaban J connectivity index is 0.000000157. The first-order valence-electron chi connectivity index (χ1n) is 11.0. The summed E-state index contributed by atoms with van der Waals surface area (Å²) in [4.78, 5) is 14.7. The van der Waals surface area contributed by atoms with Crippen LogP contribution in [0.25, 0.3) is 11.1 Å². The third kappa shape index (κ3) is 5.03. The van der Waals surface area contributed by atoms with Crippen LogP contribution in [0.4, 0.5) is 13.6 Å². The Kier molecular flexibility index (Phi) is 6.65. The molecule has 3 fully saturated rings. The number of amides is 1. The SMILES string of the molecule is CC1(OC(=O)N2CC3CC3C2)CCC1.COc1c(F)cc(-c2ccc(SC)cc2)cc1F. The van der Waals surface area contributed by atoms with Crippen LogP contribution in [-0.2, 0) is 4.74 Å². The molecule has 32 heavy (non-hydrogen) atoms. The van der Waals surface area contributed by atoms with Crippen LogP contribution in [0.3, 0.4) is 0 Å². The van der Waals surface area contributed by atoms with Gasteiger partial charge in [-0.1, -0.05) is 12.1 Å². The number of benzene rings is 2. The number of rotatable bonds is 4. The minimum absolute atomic E-state index is 0.0700. The van der Waals surface area contributed by atoms with Gasteiger partial charge in [0.15, 0.2) is 17.4 Å². The lowest BCUT2D eigenvalue weighted by molar-refractivity contribution is -0.0464. The molecule has 3 aliphatic rings. The van der Waals surface area contributed by atoms with Gasteiger partial charge >= 0.3 is 6.09 Å². The van der Waals surface area contributed by atoms with Crippen molar-refractivity contribution in [1.29, 1.82) is 0 Å². The number of methoxy groups -OCH3 is 1. The van der Waals surface area contributed by atoms with Crippen molar-refractivity contribution >= 4 is 17.9 Å². The summed E-state index contributed by atoms with van der Waals surface area (Å²) >= 11 is 1.62. The lowest BCUT2D eigenvalue weighted by atomic mass is 9.82. The van der Waals surface area contributed by atoms with Crippen molar-refractivity contribution in [2.45, 2.75) is 43.1 Å². The molecule has 2 saturated carbocycles. The van der Waals surface area contributed by atoms with E-state index < -0.39 is 11.6 Å². The maximum Gasteiger partial charge on any atom is 0.410 e. The van der Waals surface area contributed by atoms with Crippen molar-refractivity contribution < 1.29 is 23.0 Å². The zero-order chi connectivity index (χ0) is 22.9. The van der Waals surface area contributed by atoms with E-state index in [4.69, 9.17) is 4.74 Å². The molecule has 2 aromatic rings. The highest BCUT2D eigenvalue weighted by atomic mass is 32.2. The molecule has 172 valence electrons. The number of halogens is 2. The van der Waals surface area contributed by atoms with Gasteiger partial charge in [-0.05, 0) is 86.1 Å². The molecule has 0 radical (unpaired) electrons. The Morgan fingerprint density at radius 3 is 2.12 bits per heavy atom. The molecular formula is C25H29F2NO3S. The van der Waals surface area contributed by atoms with Crippen LogP contribution >= 0.6 is 11.8 Å². The minimum atomic E-state index is -0.693. The molecule has 5 rings (SSSR count). The maximum absolute atomic E-state index is 13.6. The van der Waals surface area contributed by atoms with Crippen LogP contribution in [0, 0.1) is 23.5 Å². The fourth-order valence-electron chi connectivity index (χ4n) is 4.30. The average molecular weight is 462 g/mol. The first kappa shape index (κ1) is 22.9. The Hall–Kier alpha value is -2.28. The number of thioether (sulfide) groups is 1. The first-order chi connectivity index (χ1) is 15.3. The zero-order valence-electron chi connectivity index (χ0n) is 18.7. The van der Waals surface area contributed by atoms with E-state index in [9.17, 15) is 13.6 Å². The highest BCUT2D eigenvalue weighted by Gasteiger charge is 2.48. The summed E-state index contributed by atoms with van der Waals surface area (Å²) in [6, 6.07) is 10.1. The Morgan fingerprint density at radius 2 is 1.66 bits per heavy atom. The topological polar surface area (TPSA) is 38.8 Å². The van der Waals surface area contributed by atoms with Crippen LogP contribution in [-0.4, -0.2) is 43.0 Å². The van der Waals surface area contributed by atoms with Gasteiger partial charge in [-0.25, -0.2) is 13.6 Å². The summed E-state index contributed by atoms with van der Waals surface area (Å²) in [5.41, 5.74) is 1.14. The van der Waals surface area contributed by atoms with Crippen LogP contribution in [0.1, 0.15) is 32.6 Å². The van der Waals surface area contributed by atoms with Gasteiger partial charge in [0.05, 0.1) is 7.11 Å². The van der Waals surface area contributed by atoms with E-state index in [-0.39, 0.29) is 17.4 Å². The molecule has 0 bridgehead atoms. The Bertz CT molecular complexity index is 945. The summed E-state index contributed by atoms with van der Waals surface area (Å²) < 4.78 is 37.3. The molecule has 1 saturated heterocycles. The van der Waals surface area contributed by atoms with E-state index in [1.807, 2.05) is 42.3 Å². The first-order valence-corrected chi connectivity index (χ1v) is 12.2. The Morgan fingerprint density at radius 1 is 1.06 bits per heavy atom. The third-order valence-corrected chi connectivity index (χ3v) is 7.35. The molecule has 4 nitrogen and oxygen atoms in total. The minimum Gasteiger partial charge on any atom is -0.491 e. The van der Waals surface area contributed by atoms with Crippen molar-refractivity contribution in [1.82, 2.24) is 4.90 Å². The van der Waals surface area contributed by atoms with E-state index in [1.165, 1.54) is 32.1 Å². The molecule has 0 N–H and O–H groups in total. The monoisotopic (exact) mass is 461 g/mol. The van der Waals surface area contributed by atoms with Crippen LogP contribution < -0.4 is 4.74 Å². The van der Waals surface area contributed by atoms with Crippen LogP contribution in [0.2, 0.25) is 0 Å². The second-order valence-corrected chi connectivity index (χ2v) is 9.91. The van der Waals surface area contributed by atoms with Crippen molar-refractivity contribution in [3.8, 4) is 16.9 Å². The lowest BCUT2D eigenvalue weighted by Gasteiger charge is -2.38. The molecule has 1 heterocycles. The van der Waals surface area contributed by atoms with E-state index >= 15 is 0 Å². The van der Waals surface area contributed by atoms with Gasteiger partial charge in [0.1, 0.15) is 5.60 Å². The highest BCUT2D eigenvalue weighted by molar-refractivity contribution is 7.98. The van der Waals surface area contributed by atoms with Crippen LogP contribution in [0.5, 0.6) is 5.75 Å². The second kappa shape index (κ2) is 9.30. The largest absolute Gasteiger partial charge is 0.491 e. The molecule has 0 spiro atoms. The van der Waals surface area contributed by atoms with Gasteiger partial charge < -0.3 is 14.4 Å². The molecule has 2 aliphatic carbocycles. The van der Waals surface area contributed by atoms with Gasteiger partial charge in [-0.3, -0.25) is 0 Å². The molecule has 2 unspecified atom stereocenters. The normalized spacial score (nSPS) is 22.2. The molecule has 2 atom stereocenters. The summed E-state index contributed by atoms with van der Waals surface area (Å²) in [5, 5.41) is 0. The number of fused-ring (bicyclic) bond motifs is 1. The van der Waals surface area contributed by atoms with Crippen molar-refractivity contribution in [2.24, 2.45) is 11.8 Å². The van der Waals surface area contributed by atoms with Gasteiger partial charge in [0, 0.05) is 18.0 Å². The lowest BCUT2D eigenvalue weighted by Crippen LogP contribution is -2.43. The van der Waals surface area contributed by atoms with Gasteiger partial charge in [-0.2, -0.15) is 0 Å². The van der Waals surface area contributed by atoms with Crippen molar-refractivity contribution in [2.75, 3.05) is 26.5 Å². The summed E-state index contributed by atoms with van der Waals surface area (Å²) in [7, 11) is 1.24. The Labute approximate surface area is 192 Å². The number of nitrogens with zero attached hydrogens (tertiary/aromatic N) is 1. The average Bonchev–Trinajstić information content (AvgIpc) is 3.37. The second-order valence-electron chi connectivity index (χ2n) is 9.03. The molecule has 1 amide bonds. The molecular weight excluding hydrogens is 432 g/mol. The quantitative estimate of drug-likeness (QED) is 0.495. The number of carbonyl (C=O) groups is 1. The number of carbonyl (C=O) groups excluding carboxylic acids is 1. The van der Waals surface area contributed by atoms with E-state index in [0.29, 0.717) is 5.56 Å². The number of piperidine rings is 1. The standard InChI is InChI=1S/C14H12F2OS.C11H17NO2/c1-17-14-12(15)7-10(8-13(14)16)9-3-5-11(18-2)6-4-9;1-11(3-2-4-11)14-10(13)12-6-8-5-9(8)7-12/h3-8H,1-2H3;8-9H,2-7H2,1H3. The fraction of sp³-hybridized carbons (Fsp3) is 0.480. The number of ether oxygens (including phenoxy) is 2. The van der Waals surface area contributed by atoms with Crippen LogP contribution in [0.15, 0.2) is 41.3 Å². The van der Waals surface area contributed by atoms with Gasteiger partial charge in [0.2, 0.25) is 0 Å². The summed E-state index contributed by atoms with van der Waals surface area (Å²) in [5.74, 6) is -0.129. The molecule has 1 aliphatic heterocycles. The summed E-state index contributed by atoms with van der Waals surface area (Å²) in [6.07, 6.45) is 6.52. The van der Waals surface area contributed by atoms with Crippen molar-refractivity contribution in [3.63, 3.8) is 0 Å². The highest BCUT2D eigenvalue weighted by Crippen LogP contribution is 2.45. The maximum atomic E-state index is 13.6. The molecule has 2 aromatic carbocycles. The van der Waals surface area contributed by atoms with E-state index in [1.54, 1.807) is 11.8 Å². The van der Waals surface area contributed by atoms with E-state index in [0.717, 1.165) is 48.2 Å². The number of likely N-dealkylation sites (tertiary alicyclic amines) is 1. The van der Waals surface area contributed by atoms with Gasteiger partial charge in [-0.15, -0.1) is 11.8 Å². The number of hydrogen-bond donors (Lipinski definition) is 0. The predicted molar refractivity (Wildman–Crippen MR) is 122 cm³/mol.